The van der Waals surface area contributed by atoms with Gasteiger partial charge in [0.05, 0.1) is 20.3 Å². The third-order valence-corrected chi connectivity index (χ3v) is 4.65. The van der Waals surface area contributed by atoms with E-state index < -0.39 is 0 Å². The number of guanidine groups is 1. The summed E-state index contributed by atoms with van der Waals surface area (Å²) in [5.41, 5.74) is 0. The maximum atomic E-state index is 5.72. The van der Waals surface area contributed by atoms with Crippen LogP contribution >= 0.6 is 11.3 Å². The Hall–Kier alpha value is -2.28. The van der Waals surface area contributed by atoms with Crippen LogP contribution < -0.4 is 20.1 Å². The third kappa shape index (κ3) is 6.62. The highest BCUT2D eigenvalue weighted by Crippen LogP contribution is 2.18. The summed E-state index contributed by atoms with van der Waals surface area (Å²) >= 11 is 1.73. The Morgan fingerprint density at radius 1 is 1.28 bits per heavy atom. The number of hydrogen-bond acceptors (Lipinski definition) is 5. The van der Waals surface area contributed by atoms with Crippen LogP contribution in [0.2, 0.25) is 0 Å². The van der Waals surface area contributed by atoms with Gasteiger partial charge in [0.15, 0.2) is 5.96 Å². The van der Waals surface area contributed by atoms with E-state index in [0.717, 1.165) is 41.9 Å². The minimum absolute atomic E-state index is 0.628. The van der Waals surface area contributed by atoms with Crippen LogP contribution in [0, 0.1) is 0 Å². The molecule has 0 bridgehead atoms. The van der Waals surface area contributed by atoms with Gasteiger partial charge in [-0.2, -0.15) is 0 Å². The number of thiazole rings is 1. The topological polar surface area (TPSA) is 67.8 Å². The summed E-state index contributed by atoms with van der Waals surface area (Å²) < 4.78 is 10.9. The SMILES string of the molecule is CCc1cnc(CNC(=NC)NCCCOc2cccc(OC)c2)s1. The normalized spacial score (nSPS) is 11.2. The fourth-order valence-electron chi connectivity index (χ4n) is 2.13. The second-order valence-electron chi connectivity index (χ2n) is 5.31. The predicted molar refractivity (Wildman–Crippen MR) is 103 cm³/mol. The second-order valence-corrected chi connectivity index (χ2v) is 6.51. The number of aromatic nitrogens is 1. The highest BCUT2D eigenvalue weighted by atomic mass is 32.1. The first-order chi connectivity index (χ1) is 12.2. The van der Waals surface area contributed by atoms with Crippen LogP contribution in [-0.2, 0) is 13.0 Å². The molecule has 0 aliphatic heterocycles. The largest absolute Gasteiger partial charge is 0.497 e. The number of benzene rings is 1. The lowest BCUT2D eigenvalue weighted by atomic mass is 10.3. The predicted octanol–water partition coefficient (Wildman–Crippen LogP) is 2.85. The summed E-state index contributed by atoms with van der Waals surface area (Å²) in [4.78, 5) is 9.92. The number of methoxy groups -OCH3 is 1. The van der Waals surface area contributed by atoms with Crippen LogP contribution in [0.25, 0.3) is 0 Å². The first-order valence-corrected chi connectivity index (χ1v) is 9.21. The molecule has 1 aromatic heterocycles. The van der Waals surface area contributed by atoms with Crippen molar-refractivity contribution in [3.8, 4) is 11.5 Å². The zero-order chi connectivity index (χ0) is 17.9. The van der Waals surface area contributed by atoms with E-state index in [1.165, 1.54) is 4.88 Å². The molecule has 2 rings (SSSR count). The van der Waals surface area contributed by atoms with Crippen molar-refractivity contribution < 1.29 is 9.47 Å². The smallest absolute Gasteiger partial charge is 0.191 e. The number of nitrogens with zero attached hydrogens (tertiary/aromatic N) is 2. The summed E-state index contributed by atoms with van der Waals surface area (Å²) in [5, 5.41) is 7.63. The van der Waals surface area contributed by atoms with Crippen LogP contribution in [0.3, 0.4) is 0 Å². The molecule has 25 heavy (non-hydrogen) atoms. The molecule has 0 radical (unpaired) electrons. The minimum Gasteiger partial charge on any atom is -0.497 e. The van der Waals surface area contributed by atoms with E-state index in [1.54, 1.807) is 25.5 Å². The Kier molecular flexibility index (Phi) is 8.04. The van der Waals surface area contributed by atoms with Crippen molar-refractivity contribution in [2.75, 3.05) is 27.3 Å². The highest BCUT2D eigenvalue weighted by Gasteiger charge is 2.03. The van der Waals surface area contributed by atoms with Gasteiger partial charge >= 0.3 is 0 Å². The highest BCUT2D eigenvalue weighted by molar-refractivity contribution is 7.11. The second kappa shape index (κ2) is 10.6. The average Bonchev–Trinajstić information content (AvgIpc) is 3.12. The zero-order valence-corrected chi connectivity index (χ0v) is 15.9. The molecule has 1 heterocycles. The first-order valence-electron chi connectivity index (χ1n) is 8.40. The monoisotopic (exact) mass is 362 g/mol. The molecular weight excluding hydrogens is 336 g/mol. The molecule has 136 valence electrons. The van der Waals surface area contributed by atoms with Gasteiger partial charge < -0.3 is 20.1 Å². The zero-order valence-electron chi connectivity index (χ0n) is 15.0. The van der Waals surface area contributed by atoms with Crippen LogP contribution in [0.1, 0.15) is 23.2 Å². The van der Waals surface area contributed by atoms with Gasteiger partial charge in [0.25, 0.3) is 0 Å². The van der Waals surface area contributed by atoms with Crippen molar-refractivity contribution in [2.45, 2.75) is 26.3 Å². The molecule has 1 aromatic carbocycles. The fraction of sp³-hybridized carbons (Fsp3) is 0.444. The number of aryl methyl sites for hydroxylation is 1. The molecule has 7 heteroatoms. The standard InChI is InChI=1S/C18H26N4O2S/c1-4-16-12-21-17(25-16)13-22-18(19-2)20-9-6-10-24-15-8-5-7-14(11-15)23-3/h5,7-8,11-12H,4,6,9-10,13H2,1-3H3,(H2,19,20,22). The van der Waals surface area contributed by atoms with Crippen LogP contribution in [0.15, 0.2) is 35.5 Å². The van der Waals surface area contributed by atoms with E-state index in [4.69, 9.17) is 9.47 Å². The minimum atomic E-state index is 0.628. The van der Waals surface area contributed by atoms with E-state index in [9.17, 15) is 0 Å². The Morgan fingerprint density at radius 2 is 2.12 bits per heavy atom. The number of ether oxygens (including phenoxy) is 2. The molecule has 6 nitrogen and oxygen atoms in total. The Bertz CT molecular complexity index is 673. The molecule has 0 atom stereocenters. The van der Waals surface area contributed by atoms with Gasteiger partial charge in [0.2, 0.25) is 0 Å². The number of rotatable bonds is 9. The van der Waals surface area contributed by atoms with Crippen molar-refractivity contribution in [2.24, 2.45) is 4.99 Å². The van der Waals surface area contributed by atoms with Gasteiger partial charge in [-0.05, 0) is 25.0 Å². The summed E-state index contributed by atoms with van der Waals surface area (Å²) in [5.74, 6) is 2.39. The number of nitrogens with one attached hydrogen (secondary N) is 2. The molecule has 0 fully saturated rings. The maximum Gasteiger partial charge on any atom is 0.191 e. The van der Waals surface area contributed by atoms with E-state index in [1.807, 2.05) is 30.5 Å². The van der Waals surface area contributed by atoms with Crippen molar-refractivity contribution in [1.29, 1.82) is 0 Å². The van der Waals surface area contributed by atoms with E-state index in [0.29, 0.717) is 13.2 Å². The average molecular weight is 362 g/mol. The molecule has 2 aromatic rings. The first kappa shape index (κ1) is 19.1. The van der Waals surface area contributed by atoms with Gasteiger partial charge in [0.1, 0.15) is 16.5 Å². The van der Waals surface area contributed by atoms with Gasteiger partial charge in [-0.25, -0.2) is 4.98 Å². The summed E-state index contributed by atoms with van der Waals surface area (Å²) in [6.07, 6.45) is 3.83. The molecular formula is C18H26N4O2S. The number of hydrogen-bond donors (Lipinski definition) is 2. The molecule has 0 saturated carbocycles. The van der Waals surface area contributed by atoms with Crippen LogP contribution in [-0.4, -0.2) is 38.3 Å². The quantitative estimate of drug-likeness (QED) is 0.408. The lowest BCUT2D eigenvalue weighted by molar-refractivity contribution is 0.308. The van der Waals surface area contributed by atoms with Crippen molar-refractivity contribution in [3.05, 3.63) is 40.3 Å². The van der Waals surface area contributed by atoms with Crippen molar-refractivity contribution in [1.82, 2.24) is 15.6 Å². The summed E-state index contributed by atoms with van der Waals surface area (Å²) in [7, 11) is 3.41. The Balaban J connectivity index is 1.63. The Morgan fingerprint density at radius 3 is 2.84 bits per heavy atom. The van der Waals surface area contributed by atoms with E-state index >= 15 is 0 Å². The van der Waals surface area contributed by atoms with E-state index in [2.05, 4.69) is 27.5 Å². The third-order valence-electron chi connectivity index (χ3n) is 3.50. The maximum absolute atomic E-state index is 5.72. The van der Waals surface area contributed by atoms with Crippen LogP contribution in [0.4, 0.5) is 0 Å². The lowest BCUT2D eigenvalue weighted by Crippen LogP contribution is -2.37. The van der Waals surface area contributed by atoms with Gasteiger partial charge in [-0.15, -0.1) is 11.3 Å². The Labute approximate surface area is 153 Å². The molecule has 0 aliphatic rings. The molecule has 0 aliphatic carbocycles. The van der Waals surface area contributed by atoms with Crippen molar-refractivity contribution in [3.63, 3.8) is 0 Å². The molecule has 0 amide bonds. The van der Waals surface area contributed by atoms with Crippen LogP contribution in [0.5, 0.6) is 11.5 Å². The van der Waals surface area contributed by atoms with Crippen molar-refractivity contribution >= 4 is 17.3 Å². The van der Waals surface area contributed by atoms with Gasteiger partial charge in [0, 0.05) is 30.7 Å². The lowest BCUT2D eigenvalue weighted by Gasteiger charge is -2.11. The molecule has 0 spiro atoms. The van der Waals surface area contributed by atoms with Gasteiger partial charge in [-0.3, -0.25) is 4.99 Å². The fourth-order valence-corrected chi connectivity index (χ4v) is 2.94. The molecule has 0 saturated heterocycles. The molecule has 2 N–H and O–H groups in total. The van der Waals surface area contributed by atoms with Gasteiger partial charge in [-0.1, -0.05) is 13.0 Å². The molecule has 0 unspecified atom stereocenters. The summed E-state index contributed by atoms with van der Waals surface area (Å²) in [6, 6.07) is 7.62. The summed E-state index contributed by atoms with van der Waals surface area (Å²) in [6.45, 7) is 4.23. The van der Waals surface area contributed by atoms with E-state index in [-0.39, 0.29) is 0 Å². The number of aliphatic imine (C=N–C) groups is 1.